The van der Waals surface area contributed by atoms with E-state index in [2.05, 4.69) is 0 Å². The number of nitrogens with zero attached hydrogens (tertiary/aromatic N) is 1. The predicted molar refractivity (Wildman–Crippen MR) is 73.4 cm³/mol. The highest BCUT2D eigenvalue weighted by Crippen LogP contribution is 2.22. The van der Waals surface area contributed by atoms with Gasteiger partial charge in [0.1, 0.15) is 5.82 Å². The number of aryl methyl sites for hydroxylation is 1. The van der Waals surface area contributed by atoms with Crippen LogP contribution in [0.5, 0.6) is 0 Å². The largest absolute Gasteiger partial charge is 0.366 e. The van der Waals surface area contributed by atoms with Crippen molar-refractivity contribution in [2.75, 3.05) is 0 Å². The second-order valence-electron chi connectivity index (χ2n) is 4.38. The van der Waals surface area contributed by atoms with Crippen molar-refractivity contribution in [2.24, 2.45) is 5.73 Å². The molecule has 0 unspecified atom stereocenters. The molecule has 0 spiro atoms. The summed E-state index contributed by atoms with van der Waals surface area (Å²) in [5.41, 5.74) is 8.63. The van der Waals surface area contributed by atoms with Gasteiger partial charge in [0.05, 0.1) is 0 Å². The van der Waals surface area contributed by atoms with Crippen LogP contribution in [0.4, 0.5) is 4.39 Å². The number of benzene rings is 1. The Bertz CT molecular complexity index is 656. The summed E-state index contributed by atoms with van der Waals surface area (Å²) in [5.74, 6) is -0.769. The fraction of sp³-hybridized carbons (Fsp3) is 0.133. The third-order valence-corrected chi connectivity index (χ3v) is 2.96. The van der Waals surface area contributed by atoms with Gasteiger partial charge in [-0.1, -0.05) is 6.07 Å². The lowest BCUT2D eigenvalue weighted by molar-refractivity contribution is -0.113. The first-order valence-electron chi connectivity index (χ1n) is 5.91. The average Bonchev–Trinajstić information content (AvgIpc) is 2.62. The third-order valence-electron chi connectivity index (χ3n) is 2.96. The summed E-state index contributed by atoms with van der Waals surface area (Å²) < 4.78 is 15.2. The molecule has 0 radical (unpaired) electrons. The Morgan fingerprint density at radius 2 is 2.05 bits per heavy atom. The van der Waals surface area contributed by atoms with E-state index in [1.54, 1.807) is 12.1 Å². The third kappa shape index (κ3) is 2.73. The van der Waals surface area contributed by atoms with Gasteiger partial charge in [-0.2, -0.15) is 0 Å². The van der Waals surface area contributed by atoms with E-state index in [9.17, 15) is 9.18 Å². The van der Waals surface area contributed by atoms with Crippen molar-refractivity contribution >= 4 is 12.0 Å². The van der Waals surface area contributed by atoms with Crippen LogP contribution in [0.2, 0.25) is 0 Å². The number of hydrogen-bond donors (Lipinski definition) is 1. The molecule has 0 aliphatic carbocycles. The minimum Gasteiger partial charge on any atom is -0.366 e. The smallest absolute Gasteiger partial charge is 0.241 e. The van der Waals surface area contributed by atoms with Crippen molar-refractivity contribution in [1.29, 1.82) is 0 Å². The molecule has 0 atom stereocenters. The van der Waals surface area contributed by atoms with Crippen LogP contribution in [0.25, 0.3) is 11.8 Å². The van der Waals surface area contributed by atoms with E-state index < -0.39 is 5.91 Å². The van der Waals surface area contributed by atoms with Crippen molar-refractivity contribution < 1.29 is 9.18 Å². The lowest BCUT2D eigenvalue weighted by Gasteiger charge is -2.09. The number of nitrogens with two attached hydrogens (primary N) is 1. The molecular weight excluding hydrogens is 243 g/mol. The monoisotopic (exact) mass is 258 g/mol. The van der Waals surface area contributed by atoms with Gasteiger partial charge < -0.3 is 10.3 Å². The minimum absolute atomic E-state index is 0.278. The van der Waals surface area contributed by atoms with Gasteiger partial charge in [-0.3, -0.25) is 4.79 Å². The Hall–Kier alpha value is -2.36. The maximum absolute atomic E-state index is 13.3. The van der Waals surface area contributed by atoms with Crippen LogP contribution in [-0.4, -0.2) is 10.5 Å². The van der Waals surface area contributed by atoms with Crippen LogP contribution >= 0.6 is 0 Å². The molecule has 0 aliphatic heterocycles. The lowest BCUT2D eigenvalue weighted by atomic mass is 10.2. The summed E-state index contributed by atoms with van der Waals surface area (Å²) >= 11 is 0. The highest BCUT2D eigenvalue weighted by molar-refractivity contribution is 5.90. The minimum atomic E-state index is -0.490. The highest BCUT2D eigenvalue weighted by Gasteiger charge is 2.09. The zero-order valence-electron chi connectivity index (χ0n) is 10.9. The van der Waals surface area contributed by atoms with E-state index in [0.717, 1.165) is 22.6 Å². The summed E-state index contributed by atoms with van der Waals surface area (Å²) in [6.45, 7) is 3.85. The van der Waals surface area contributed by atoms with E-state index in [4.69, 9.17) is 5.73 Å². The zero-order valence-corrected chi connectivity index (χ0v) is 10.9. The van der Waals surface area contributed by atoms with E-state index in [-0.39, 0.29) is 5.82 Å². The Labute approximate surface area is 111 Å². The van der Waals surface area contributed by atoms with Crippen LogP contribution in [0.15, 0.2) is 36.4 Å². The molecule has 0 fully saturated rings. The Morgan fingerprint density at radius 3 is 2.68 bits per heavy atom. The number of amides is 1. The first kappa shape index (κ1) is 13.1. The fourth-order valence-corrected chi connectivity index (χ4v) is 2.14. The van der Waals surface area contributed by atoms with Gasteiger partial charge in [0.2, 0.25) is 5.91 Å². The number of halogens is 1. The molecule has 2 rings (SSSR count). The molecule has 3 nitrogen and oxygen atoms in total. The number of hydrogen-bond acceptors (Lipinski definition) is 1. The molecule has 0 aliphatic rings. The molecular formula is C15H15FN2O. The Kier molecular flexibility index (Phi) is 3.51. The molecule has 2 aromatic rings. The summed E-state index contributed by atoms with van der Waals surface area (Å²) in [7, 11) is 0. The molecule has 1 aromatic heterocycles. The molecule has 98 valence electrons. The molecule has 0 saturated carbocycles. The maximum Gasteiger partial charge on any atom is 0.241 e. The van der Waals surface area contributed by atoms with Crippen LogP contribution < -0.4 is 5.73 Å². The highest BCUT2D eigenvalue weighted by atomic mass is 19.1. The topological polar surface area (TPSA) is 48.0 Å². The van der Waals surface area contributed by atoms with E-state index >= 15 is 0 Å². The van der Waals surface area contributed by atoms with Crippen molar-refractivity contribution in [1.82, 2.24) is 4.57 Å². The maximum atomic E-state index is 13.3. The molecule has 4 heteroatoms. The van der Waals surface area contributed by atoms with Gasteiger partial charge in [-0.15, -0.1) is 0 Å². The lowest BCUT2D eigenvalue weighted by Crippen LogP contribution is -2.05. The van der Waals surface area contributed by atoms with Gasteiger partial charge in [0.25, 0.3) is 0 Å². The normalized spacial score (nSPS) is 11.1. The number of rotatable bonds is 3. The number of carbonyl (C=O) groups excluding carboxylic acids is 1. The van der Waals surface area contributed by atoms with Crippen LogP contribution in [0, 0.1) is 19.7 Å². The van der Waals surface area contributed by atoms with Gasteiger partial charge in [-0.25, -0.2) is 4.39 Å². The first-order valence-corrected chi connectivity index (χ1v) is 5.91. The van der Waals surface area contributed by atoms with Gasteiger partial charge in [0, 0.05) is 23.2 Å². The van der Waals surface area contributed by atoms with Crippen molar-refractivity contribution in [2.45, 2.75) is 13.8 Å². The Balaban J connectivity index is 2.51. The van der Waals surface area contributed by atoms with E-state index in [0.29, 0.717) is 0 Å². The quantitative estimate of drug-likeness (QED) is 0.845. The molecule has 1 aromatic carbocycles. The number of aromatic nitrogens is 1. The predicted octanol–water partition coefficient (Wildman–Crippen LogP) is 2.73. The average molecular weight is 258 g/mol. The van der Waals surface area contributed by atoms with E-state index in [1.807, 2.05) is 30.5 Å². The number of primary amides is 1. The van der Waals surface area contributed by atoms with E-state index in [1.165, 1.54) is 18.2 Å². The molecule has 0 saturated heterocycles. The summed E-state index contributed by atoms with van der Waals surface area (Å²) in [6, 6.07) is 8.32. The van der Waals surface area contributed by atoms with Crippen LogP contribution in [0.3, 0.4) is 0 Å². The molecule has 0 bridgehead atoms. The zero-order chi connectivity index (χ0) is 14.0. The molecule has 2 N–H and O–H groups in total. The van der Waals surface area contributed by atoms with Crippen LogP contribution in [-0.2, 0) is 4.79 Å². The summed E-state index contributed by atoms with van der Waals surface area (Å²) in [6.07, 6.45) is 2.98. The van der Waals surface area contributed by atoms with Gasteiger partial charge in [-0.05, 0) is 49.8 Å². The first-order chi connectivity index (χ1) is 8.99. The van der Waals surface area contributed by atoms with Gasteiger partial charge >= 0.3 is 0 Å². The molecule has 19 heavy (non-hydrogen) atoms. The Morgan fingerprint density at radius 1 is 1.32 bits per heavy atom. The second kappa shape index (κ2) is 5.10. The van der Waals surface area contributed by atoms with Crippen molar-refractivity contribution in [3.63, 3.8) is 0 Å². The number of carbonyl (C=O) groups is 1. The standard InChI is InChI=1S/C15H15FN2O/c1-10-8-12(6-7-15(17)19)11(2)18(10)14-5-3-4-13(16)9-14/h3-9H,1-2H3,(H2,17,19)/b7-6-. The van der Waals surface area contributed by atoms with Gasteiger partial charge in [0.15, 0.2) is 0 Å². The fourth-order valence-electron chi connectivity index (χ4n) is 2.14. The summed E-state index contributed by atoms with van der Waals surface area (Å²) in [4.78, 5) is 10.8. The molecule has 1 amide bonds. The summed E-state index contributed by atoms with van der Waals surface area (Å²) in [5, 5.41) is 0. The van der Waals surface area contributed by atoms with Crippen LogP contribution in [0.1, 0.15) is 17.0 Å². The van der Waals surface area contributed by atoms with Crippen molar-refractivity contribution in [3.05, 3.63) is 59.2 Å². The second-order valence-corrected chi connectivity index (χ2v) is 4.38. The SMILES string of the molecule is Cc1cc(/C=C\C(N)=O)c(C)n1-c1cccc(F)c1. The molecule has 1 heterocycles. The van der Waals surface area contributed by atoms with Crippen molar-refractivity contribution in [3.8, 4) is 5.69 Å².